The summed E-state index contributed by atoms with van der Waals surface area (Å²) in [5, 5.41) is 5.17. The molecule has 176 valence electrons. The van der Waals surface area contributed by atoms with E-state index >= 15 is 0 Å². The van der Waals surface area contributed by atoms with Crippen molar-refractivity contribution >= 4 is 32.6 Å². The van der Waals surface area contributed by atoms with E-state index in [4.69, 9.17) is 4.98 Å². The Morgan fingerprint density at radius 2 is 1.85 bits per heavy atom. The Bertz CT molecular complexity index is 1420. The third kappa shape index (κ3) is 3.71. The van der Waals surface area contributed by atoms with Crippen molar-refractivity contribution in [3.8, 4) is 11.3 Å². The van der Waals surface area contributed by atoms with Gasteiger partial charge in [-0.15, -0.1) is 0 Å². The van der Waals surface area contributed by atoms with E-state index < -0.39 is 15.5 Å². The van der Waals surface area contributed by atoms with Gasteiger partial charge in [-0.1, -0.05) is 62.4 Å². The molecule has 2 bridgehead atoms. The summed E-state index contributed by atoms with van der Waals surface area (Å²) < 4.78 is 33.5. The number of benzene rings is 2. The monoisotopic (exact) mass is 477 g/mol. The quantitative estimate of drug-likeness (QED) is 0.409. The Labute approximate surface area is 199 Å². The number of carbonyl (C=O) groups is 1. The summed E-state index contributed by atoms with van der Waals surface area (Å²) in [6.45, 7) is 4.06. The number of carbonyl (C=O) groups excluding carboxylic acids is 1. The number of hydrogen-bond donors (Lipinski definition) is 2. The number of amides is 1. The summed E-state index contributed by atoms with van der Waals surface area (Å²) in [5.41, 5.74) is 4.93. The van der Waals surface area contributed by atoms with Crippen LogP contribution in [0.25, 0.3) is 22.2 Å². The van der Waals surface area contributed by atoms with Gasteiger partial charge in [-0.05, 0) is 42.7 Å². The fourth-order valence-electron chi connectivity index (χ4n) is 5.90. The lowest BCUT2D eigenvalue weighted by atomic mass is 9.70. The van der Waals surface area contributed by atoms with Crippen LogP contribution in [0.2, 0.25) is 0 Å². The van der Waals surface area contributed by atoms with Crippen molar-refractivity contribution in [2.24, 2.45) is 21.8 Å². The van der Waals surface area contributed by atoms with Gasteiger partial charge in [-0.25, -0.2) is 10.4 Å². The van der Waals surface area contributed by atoms with Gasteiger partial charge in [-0.2, -0.15) is 13.5 Å². The summed E-state index contributed by atoms with van der Waals surface area (Å²) in [4.78, 5) is 18.1. The first-order valence-corrected chi connectivity index (χ1v) is 13.0. The molecule has 7 nitrogen and oxygen atoms in total. The van der Waals surface area contributed by atoms with Crippen LogP contribution in [0.3, 0.4) is 0 Å². The SMILES string of the molecule is CC1(C)[C@H]2CC[C@@]1(CS(=O)(=O)O)C(=NNC(=O)c1cc(-c3ccccc3)nc3ccccc13)C2. The van der Waals surface area contributed by atoms with Gasteiger partial charge in [0, 0.05) is 22.1 Å². The lowest BCUT2D eigenvalue weighted by molar-refractivity contribution is 0.0955. The average Bonchev–Trinajstić information content (AvgIpc) is 3.16. The maximum absolute atomic E-state index is 13.3. The number of nitrogens with zero attached hydrogens (tertiary/aromatic N) is 2. The summed E-state index contributed by atoms with van der Waals surface area (Å²) in [5.74, 6) is -0.503. The second-order valence-corrected chi connectivity index (χ2v) is 11.4. The molecule has 2 aromatic carbocycles. The van der Waals surface area contributed by atoms with E-state index in [1.54, 1.807) is 6.07 Å². The average molecular weight is 478 g/mol. The molecule has 2 atom stereocenters. The number of nitrogens with one attached hydrogen (secondary N) is 1. The molecule has 0 aliphatic heterocycles. The Morgan fingerprint density at radius 3 is 2.56 bits per heavy atom. The van der Waals surface area contributed by atoms with E-state index in [0.717, 1.165) is 12.0 Å². The zero-order valence-corrected chi connectivity index (χ0v) is 20.0. The first-order chi connectivity index (χ1) is 16.1. The second-order valence-electron chi connectivity index (χ2n) is 9.91. The molecule has 3 aromatic rings. The van der Waals surface area contributed by atoms with Crippen molar-refractivity contribution in [1.82, 2.24) is 10.4 Å². The molecule has 2 N–H and O–H groups in total. The molecule has 0 unspecified atom stereocenters. The maximum atomic E-state index is 13.3. The summed E-state index contributed by atoms with van der Waals surface area (Å²) in [6, 6.07) is 18.8. The van der Waals surface area contributed by atoms with Crippen molar-refractivity contribution < 1.29 is 17.8 Å². The molecule has 34 heavy (non-hydrogen) atoms. The predicted molar refractivity (Wildman–Crippen MR) is 132 cm³/mol. The van der Waals surface area contributed by atoms with Crippen LogP contribution in [-0.4, -0.2) is 35.3 Å². The molecular weight excluding hydrogens is 450 g/mol. The van der Waals surface area contributed by atoms with E-state index in [-0.39, 0.29) is 23.0 Å². The molecule has 2 aliphatic carbocycles. The first kappa shape index (κ1) is 22.7. The zero-order valence-electron chi connectivity index (χ0n) is 19.2. The smallest absolute Gasteiger partial charge is 0.272 e. The number of hydrogen-bond acceptors (Lipinski definition) is 5. The zero-order chi connectivity index (χ0) is 24.1. The number of rotatable bonds is 5. The molecule has 0 radical (unpaired) electrons. The van der Waals surface area contributed by atoms with E-state index in [2.05, 4.69) is 10.5 Å². The molecule has 1 heterocycles. The molecule has 1 amide bonds. The van der Waals surface area contributed by atoms with Crippen LogP contribution in [-0.2, 0) is 10.1 Å². The van der Waals surface area contributed by atoms with E-state index in [1.165, 1.54) is 0 Å². The van der Waals surface area contributed by atoms with Gasteiger partial charge in [0.15, 0.2) is 0 Å². The standard InChI is InChI=1S/C26H27N3O4S/c1-25(2)18-12-13-26(25,16-34(31,32)33)23(14-18)28-29-24(30)20-15-22(17-8-4-3-5-9-17)27-21-11-7-6-10-19(20)21/h3-11,15,18H,12-14,16H2,1-2H3,(H,29,30)(H,31,32,33)/t18-,26+/m0/s1. The largest absolute Gasteiger partial charge is 0.286 e. The fourth-order valence-corrected chi connectivity index (χ4v) is 7.21. The highest BCUT2D eigenvalue weighted by atomic mass is 32.2. The minimum atomic E-state index is -4.21. The van der Waals surface area contributed by atoms with Crippen LogP contribution >= 0.6 is 0 Å². The van der Waals surface area contributed by atoms with Gasteiger partial charge < -0.3 is 0 Å². The summed E-state index contributed by atoms with van der Waals surface area (Å²) >= 11 is 0. The Hall–Kier alpha value is -3.10. The number of hydrazone groups is 1. The topological polar surface area (TPSA) is 109 Å². The van der Waals surface area contributed by atoms with E-state index in [1.807, 2.05) is 68.4 Å². The maximum Gasteiger partial charge on any atom is 0.272 e. The predicted octanol–water partition coefficient (Wildman–Crippen LogP) is 4.70. The fraction of sp³-hybridized carbons (Fsp3) is 0.346. The van der Waals surface area contributed by atoms with Crippen LogP contribution in [0.4, 0.5) is 0 Å². The Kier molecular flexibility index (Phi) is 5.33. The van der Waals surface area contributed by atoms with E-state index in [9.17, 15) is 17.8 Å². The number of fused-ring (bicyclic) bond motifs is 3. The lowest BCUT2D eigenvalue weighted by Gasteiger charge is -2.37. The first-order valence-electron chi connectivity index (χ1n) is 11.4. The highest BCUT2D eigenvalue weighted by Crippen LogP contribution is 2.64. The van der Waals surface area contributed by atoms with Gasteiger partial charge in [0.2, 0.25) is 0 Å². The third-order valence-electron chi connectivity index (χ3n) is 7.92. The number of pyridine rings is 1. The molecule has 2 aliphatic rings. The molecule has 2 saturated carbocycles. The van der Waals surface area contributed by atoms with Crippen molar-refractivity contribution in [2.75, 3.05) is 5.75 Å². The van der Waals surface area contributed by atoms with Crippen LogP contribution in [0.5, 0.6) is 0 Å². The van der Waals surface area contributed by atoms with Gasteiger partial charge in [0.05, 0.1) is 22.5 Å². The minimum Gasteiger partial charge on any atom is -0.286 e. The third-order valence-corrected chi connectivity index (χ3v) is 8.77. The van der Waals surface area contributed by atoms with Crippen molar-refractivity contribution in [3.05, 3.63) is 66.2 Å². The summed E-state index contributed by atoms with van der Waals surface area (Å²) in [6.07, 6.45) is 2.11. The summed E-state index contributed by atoms with van der Waals surface area (Å²) in [7, 11) is -4.21. The molecule has 2 fully saturated rings. The van der Waals surface area contributed by atoms with Crippen molar-refractivity contribution in [3.63, 3.8) is 0 Å². The van der Waals surface area contributed by atoms with Crippen LogP contribution in [0, 0.1) is 16.7 Å². The molecule has 0 saturated heterocycles. The van der Waals surface area contributed by atoms with Crippen molar-refractivity contribution in [1.29, 1.82) is 0 Å². The molecule has 1 aromatic heterocycles. The molecular formula is C26H27N3O4S. The Balaban J connectivity index is 1.52. The number of para-hydroxylation sites is 1. The highest BCUT2D eigenvalue weighted by Gasteiger charge is 2.64. The molecule has 8 heteroatoms. The highest BCUT2D eigenvalue weighted by molar-refractivity contribution is 7.85. The number of aromatic nitrogens is 1. The van der Waals surface area contributed by atoms with Gasteiger partial charge in [0.25, 0.3) is 16.0 Å². The Morgan fingerprint density at radius 1 is 1.15 bits per heavy atom. The normalized spacial score (nSPS) is 24.6. The van der Waals surface area contributed by atoms with E-state index in [0.29, 0.717) is 40.7 Å². The van der Waals surface area contributed by atoms with Crippen LogP contribution in [0.1, 0.15) is 43.5 Å². The molecule has 0 spiro atoms. The molecule has 5 rings (SSSR count). The van der Waals surface area contributed by atoms with Gasteiger partial charge in [-0.3, -0.25) is 9.35 Å². The van der Waals surface area contributed by atoms with Gasteiger partial charge in [0.1, 0.15) is 0 Å². The minimum absolute atomic E-state index is 0.261. The van der Waals surface area contributed by atoms with Crippen LogP contribution < -0.4 is 5.43 Å². The van der Waals surface area contributed by atoms with Gasteiger partial charge >= 0.3 is 0 Å². The second kappa shape index (κ2) is 7.99. The van der Waals surface area contributed by atoms with Crippen LogP contribution in [0.15, 0.2) is 65.8 Å². The van der Waals surface area contributed by atoms with Crippen molar-refractivity contribution in [2.45, 2.75) is 33.1 Å². The lowest BCUT2D eigenvalue weighted by Crippen LogP contribution is -2.43.